The number of anilines is 6. The van der Waals surface area contributed by atoms with Crippen molar-refractivity contribution in [3.05, 3.63) is 78.1 Å². The lowest BCUT2D eigenvalue weighted by atomic mass is 10.0. The van der Waals surface area contributed by atoms with Gasteiger partial charge in [0, 0.05) is 66.7 Å². The molecule has 2 fully saturated rings. The van der Waals surface area contributed by atoms with E-state index >= 15 is 0 Å². The molecule has 15 nitrogen and oxygen atoms in total. The topological polar surface area (TPSA) is 158 Å². The molecule has 378 valence electrons. The number of amides is 3. The van der Waals surface area contributed by atoms with E-state index in [1.165, 1.54) is 11.7 Å². The number of carbonyl (C=O) groups is 3. The van der Waals surface area contributed by atoms with Gasteiger partial charge >= 0.3 is 6.18 Å². The van der Waals surface area contributed by atoms with Gasteiger partial charge in [0.25, 0.3) is 5.91 Å². The smallest absolute Gasteiger partial charge is 0.406 e. The number of likely N-dealkylation sites (N-methyl/N-ethyl adjacent to an activating group) is 1. The highest BCUT2D eigenvalue weighted by Gasteiger charge is 2.35. The first-order valence-electron chi connectivity index (χ1n) is 24.1. The summed E-state index contributed by atoms with van der Waals surface area (Å²) in [5.41, 5.74) is 3.73. The number of fused-ring (bicyclic) bond motifs is 2. The number of carbonyl (C=O) groups excluding carboxylic acids is 3. The van der Waals surface area contributed by atoms with E-state index in [1.807, 2.05) is 49.3 Å². The number of nitrogens with zero attached hydrogens (tertiary/aromatic N) is 6. The Balaban J connectivity index is 0.00000366. The molecule has 3 aliphatic rings. The molecule has 2 aliphatic heterocycles. The first-order chi connectivity index (χ1) is 34.3. The maximum Gasteiger partial charge on any atom is 0.406 e. The number of alkyl halides is 3. The number of aromatic nitrogens is 3. The third kappa shape index (κ3) is 12.8. The van der Waals surface area contributed by atoms with Gasteiger partial charge in [0.1, 0.15) is 23.7 Å². The fourth-order valence-corrected chi connectivity index (χ4v) is 9.62. The SMILES string of the molecule is CC.COc1cc(SC)ccc1NCC#Cc1cc2c(NC3CCN(C(=O)CCCNC(=O)c4ccc(Nc5ncc6c(n5)N(C5CCCC5)CC(=O)N6C)c(OC)c4)CC3)cccc2n1CC(F)(F)F. The Kier molecular flexibility index (Phi) is 17.5. The van der Waals surface area contributed by atoms with E-state index in [0.717, 1.165) is 36.3 Å². The summed E-state index contributed by atoms with van der Waals surface area (Å²) in [5, 5.41) is 13.5. The van der Waals surface area contributed by atoms with Crippen LogP contribution < -0.4 is 40.5 Å². The molecule has 4 N–H and O–H groups in total. The summed E-state index contributed by atoms with van der Waals surface area (Å²) in [5.74, 6) is 7.75. The zero-order chi connectivity index (χ0) is 50.7. The van der Waals surface area contributed by atoms with E-state index in [2.05, 4.69) is 43.0 Å². The molecular formula is C52H63F3N10O5S. The highest BCUT2D eigenvalue weighted by atomic mass is 32.2. The number of ether oxygens (including phenoxy) is 2. The van der Waals surface area contributed by atoms with Gasteiger partial charge in [0.05, 0.1) is 56.1 Å². The van der Waals surface area contributed by atoms with Crippen LogP contribution >= 0.6 is 11.8 Å². The second-order valence-electron chi connectivity index (χ2n) is 17.3. The van der Waals surface area contributed by atoms with E-state index in [-0.39, 0.29) is 55.0 Å². The Morgan fingerprint density at radius 1 is 0.930 bits per heavy atom. The van der Waals surface area contributed by atoms with Gasteiger partial charge in [0.15, 0.2) is 5.82 Å². The quantitative estimate of drug-likeness (QED) is 0.0423. The zero-order valence-electron chi connectivity index (χ0n) is 41.2. The second-order valence-corrected chi connectivity index (χ2v) is 18.2. The van der Waals surface area contributed by atoms with E-state index in [1.54, 1.807) is 73.4 Å². The average Bonchev–Trinajstić information content (AvgIpc) is 4.04. The van der Waals surface area contributed by atoms with Crippen molar-refractivity contribution in [1.29, 1.82) is 0 Å². The number of likely N-dealkylation sites (tertiary alicyclic amines) is 1. The molecule has 0 atom stereocenters. The van der Waals surface area contributed by atoms with Gasteiger partial charge in [-0.15, -0.1) is 11.8 Å². The molecule has 0 bridgehead atoms. The number of benzene rings is 3. The normalized spacial score (nSPS) is 15.1. The number of thioether (sulfide) groups is 1. The Morgan fingerprint density at radius 3 is 2.38 bits per heavy atom. The van der Waals surface area contributed by atoms with E-state index in [4.69, 9.17) is 14.5 Å². The molecule has 1 saturated carbocycles. The molecule has 0 radical (unpaired) electrons. The molecule has 5 aromatic rings. The van der Waals surface area contributed by atoms with Gasteiger partial charge in [-0.3, -0.25) is 14.4 Å². The molecule has 2 aromatic heterocycles. The minimum atomic E-state index is -4.46. The average molecular weight is 997 g/mol. The largest absolute Gasteiger partial charge is 0.495 e. The maximum atomic E-state index is 13.9. The lowest BCUT2D eigenvalue weighted by Crippen LogP contribution is -2.48. The maximum absolute atomic E-state index is 13.9. The van der Waals surface area contributed by atoms with Gasteiger partial charge in [-0.25, -0.2) is 4.98 Å². The van der Waals surface area contributed by atoms with Crippen molar-refractivity contribution in [3.63, 3.8) is 0 Å². The Hall–Kier alpha value is -6.81. The molecule has 3 aromatic carbocycles. The predicted molar refractivity (Wildman–Crippen MR) is 276 cm³/mol. The standard InChI is InChI=1S/C50H57F3N10O5S.C2H6/c1-60-42-29-56-49(59-47(42)62(30-46(60)65)34-10-5-6-11-34)58-40-18-16-32(26-43(40)67-2)48(66)55-23-9-15-45(64)61-24-20-33(21-25-61)57-38-13-7-14-41-37(38)27-35(63(41)31-50(51,52)53)12-8-22-54-39-19-17-36(69-4)28-44(39)68-3;1-2/h7,13-14,16-19,26-29,33-34,54,57H,5-6,9-11,15,20-25,30-31H2,1-4H3,(H,55,66)(H,56,58,59);1-2H3. The predicted octanol–water partition coefficient (Wildman–Crippen LogP) is 9.30. The Bertz CT molecular complexity index is 2740. The number of piperidine rings is 1. The molecule has 4 heterocycles. The number of hydrogen-bond donors (Lipinski definition) is 4. The number of rotatable bonds is 16. The fraction of sp³-hybridized carbons (Fsp3) is 0.442. The van der Waals surface area contributed by atoms with Crippen LogP contribution in [0.15, 0.2) is 71.8 Å². The van der Waals surface area contributed by atoms with Crippen molar-refractivity contribution in [3.8, 4) is 23.3 Å². The van der Waals surface area contributed by atoms with E-state index in [0.29, 0.717) is 95.7 Å². The minimum Gasteiger partial charge on any atom is -0.495 e. The lowest BCUT2D eigenvalue weighted by Gasteiger charge is -2.37. The summed E-state index contributed by atoms with van der Waals surface area (Å²) in [6.45, 7) is 4.63. The summed E-state index contributed by atoms with van der Waals surface area (Å²) in [6, 6.07) is 18.0. The minimum absolute atomic E-state index is 0.00104. The van der Waals surface area contributed by atoms with Gasteiger partial charge in [-0.05, 0) is 98.9 Å². The van der Waals surface area contributed by atoms with Gasteiger partial charge in [-0.1, -0.05) is 38.7 Å². The lowest BCUT2D eigenvalue weighted by molar-refractivity contribution is -0.140. The van der Waals surface area contributed by atoms with Crippen molar-refractivity contribution in [2.75, 3.05) is 86.0 Å². The second kappa shape index (κ2) is 23.9. The molecule has 3 amide bonds. The molecule has 8 rings (SSSR count). The van der Waals surface area contributed by atoms with E-state index in [9.17, 15) is 27.6 Å². The van der Waals surface area contributed by atoms with Crippen molar-refractivity contribution in [2.45, 2.75) is 94.9 Å². The van der Waals surface area contributed by atoms with Crippen molar-refractivity contribution in [1.82, 2.24) is 24.8 Å². The molecule has 71 heavy (non-hydrogen) atoms. The van der Waals surface area contributed by atoms with Crippen LogP contribution in [0.1, 0.15) is 81.3 Å². The summed E-state index contributed by atoms with van der Waals surface area (Å²) < 4.78 is 53.9. The van der Waals surface area contributed by atoms with Crippen molar-refractivity contribution >= 4 is 74.9 Å². The third-order valence-corrected chi connectivity index (χ3v) is 13.6. The summed E-state index contributed by atoms with van der Waals surface area (Å²) in [7, 11) is 4.83. The molecule has 0 unspecified atom stereocenters. The molecule has 1 saturated heterocycles. The fourth-order valence-electron chi connectivity index (χ4n) is 9.19. The van der Waals surface area contributed by atoms with Crippen LogP contribution in [0.25, 0.3) is 10.9 Å². The summed E-state index contributed by atoms with van der Waals surface area (Å²) in [6.07, 6.45) is 5.46. The third-order valence-electron chi connectivity index (χ3n) is 12.9. The summed E-state index contributed by atoms with van der Waals surface area (Å²) >= 11 is 1.59. The first-order valence-corrected chi connectivity index (χ1v) is 25.4. The van der Waals surface area contributed by atoms with Crippen LogP contribution in [0.5, 0.6) is 11.5 Å². The highest BCUT2D eigenvalue weighted by molar-refractivity contribution is 7.98. The Labute approximate surface area is 417 Å². The van der Waals surface area contributed by atoms with Gasteiger partial charge in [-0.2, -0.15) is 18.2 Å². The van der Waals surface area contributed by atoms with Crippen molar-refractivity contribution < 1.29 is 37.0 Å². The van der Waals surface area contributed by atoms with Crippen molar-refractivity contribution in [2.24, 2.45) is 0 Å². The molecular weight excluding hydrogens is 934 g/mol. The number of nitrogens with one attached hydrogen (secondary N) is 4. The van der Waals surface area contributed by atoms with Crippen LogP contribution in [0.4, 0.5) is 47.7 Å². The number of hydrogen-bond acceptors (Lipinski definition) is 12. The molecule has 1 aliphatic carbocycles. The van der Waals surface area contributed by atoms with Crippen LogP contribution in [-0.2, 0) is 16.1 Å². The van der Waals surface area contributed by atoms with Crippen LogP contribution in [0, 0.1) is 11.8 Å². The van der Waals surface area contributed by atoms with Gasteiger partial charge in [0.2, 0.25) is 17.8 Å². The number of methoxy groups -OCH3 is 2. The number of halogens is 3. The molecule has 0 spiro atoms. The van der Waals surface area contributed by atoms with Crippen LogP contribution in [0.2, 0.25) is 0 Å². The summed E-state index contributed by atoms with van der Waals surface area (Å²) in [4.78, 5) is 55.0. The monoisotopic (exact) mass is 996 g/mol. The zero-order valence-corrected chi connectivity index (χ0v) is 42.0. The van der Waals surface area contributed by atoms with Crippen LogP contribution in [-0.4, -0.2) is 116 Å². The van der Waals surface area contributed by atoms with Crippen LogP contribution in [0.3, 0.4) is 0 Å². The molecule has 19 heteroatoms. The first kappa shape index (κ1) is 52.0. The van der Waals surface area contributed by atoms with Gasteiger partial charge < -0.3 is 50.0 Å². The van der Waals surface area contributed by atoms with E-state index < -0.39 is 12.7 Å². The highest BCUT2D eigenvalue weighted by Crippen LogP contribution is 2.38. The Morgan fingerprint density at radius 2 is 1.66 bits per heavy atom.